The smallest absolute Gasteiger partial charge is 0.275 e. The van der Waals surface area contributed by atoms with Crippen molar-refractivity contribution in [2.75, 3.05) is 10.6 Å². The van der Waals surface area contributed by atoms with Crippen molar-refractivity contribution in [1.82, 2.24) is 4.98 Å². The first kappa shape index (κ1) is 18.7. The second-order valence-electron chi connectivity index (χ2n) is 5.99. The molecule has 0 unspecified atom stereocenters. The number of thiazole rings is 1. The molecule has 0 aliphatic carbocycles. The Morgan fingerprint density at radius 3 is 2.35 bits per heavy atom. The summed E-state index contributed by atoms with van der Waals surface area (Å²) in [6.07, 6.45) is 0. The quantitative estimate of drug-likeness (QED) is 0.504. The molecule has 0 saturated heterocycles. The van der Waals surface area contributed by atoms with Gasteiger partial charge in [-0.05, 0) is 35.7 Å². The highest BCUT2D eigenvalue weighted by molar-refractivity contribution is 7.14. The Hall–Kier alpha value is -2.08. The minimum Gasteiger partial charge on any atom is -0.329 e. The molecule has 1 aromatic heterocycles. The first-order chi connectivity index (χ1) is 12.4. The molecule has 0 atom stereocenters. The zero-order valence-electron chi connectivity index (χ0n) is 14.2. The van der Waals surface area contributed by atoms with Crippen molar-refractivity contribution in [3.05, 3.63) is 69.1 Å². The van der Waals surface area contributed by atoms with Crippen LogP contribution in [-0.4, -0.2) is 10.9 Å². The molecule has 0 saturated carbocycles. The maximum atomic E-state index is 12.4. The van der Waals surface area contributed by atoms with Crippen LogP contribution in [0.25, 0.3) is 0 Å². The third-order valence-electron chi connectivity index (χ3n) is 3.77. The van der Waals surface area contributed by atoms with Crippen molar-refractivity contribution in [3.8, 4) is 0 Å². The van der Waals surface area contributed by atoms with Crippen LogP contribution in [0.3, 0.4) is 0 Å². The lowest BCUT2D eigenvalue weighted by atomic mass is 10.0. The number of nitrogens with zero attached hydrogens (tertiary/aromatic N) is 1. The highest BCUT2D eigenvalue weighted by Gasteiger charge is 2.13. The average Bonchev–Trinajstić information content (AvgIpc) is 3.07. The van der Waals surface area contributed by atoms with Gasteiger partial charge >= 0.3 is 0 Å². The van der Waals surface area contributed by atoms with Crippen molar-refractivity contribution < 1.29 is 4.79 Å². The topological polar surface area (TPSA) is 54.0 Å². The molecule has 0 radical (unpaired) electrons. The number of aromatic nitrogens is 1. The average molecular weight is 406 g/mol. The second-order valence-corrected chi connectivity index (χ2v) is 7.66. The van der Waals surface area contributed by atoms with E-state index < -0.39 is 0 Å². The van der Waals surface area contributed by atoms with Crippen LogP contribution < -0.4 is 10.6 Å². The van der Waals surface area contributed by atoms with E-state index in [1.807, 2.05) is 24.3 Å². The van der Waals surface area contributed by atoms with Crippen LogP contribution in [-0.2, 0) is 0 Å². The monoisotopic (exact) mass is 405 g/mol. The zero-order chi connectivity index (χ0) is 18.7. The molecule has 1 heterocycles. The molecule has 0 bridgehead atoms. The van der Waals surface area contributed by atoms with Crippen LogP contribution in [0.2, 0.25) is 10.0 Å². The maximum Gasteiger partial charge on any atom is 0.275 e. The van der Waals surface area contributed by atoms with Crippen molar-refractivity contribution in [2.45, 2.75) is 19.8 Å². The van der Waals surface area contributed by atoms with E-state index in [1.165, 1.54) is 16.9 Å². The molecular formula is C19H17Cl2N3OS. The van der Waals surface area contributed by atoms with Crippen LogP contribution in [0, 0.1) is 0 Å². The lowest BCUT2D eigenvalue weighted by Crippen LogP contribution is -2.12. The van der Waals surface area contributed by atoms with E-state index in [1.54, 1.807) is 23.6 Å². The Kier molecular flexibility index (Phi) is 5.81. The number of nitrogens with one attached hydrogen (secondary N) is 2. The van der Waals surface area contributed by atoms with Crippen molar-refractivity contribution in [1.29, 1.82) is 0 Å². The third kappa shape index (κ3) is 4.36. The van der Waals surface area contributed by atoms with Crippen LogP contribution in [0.5, 0.6) is 0 Å². The van der Waals surface area contributed by atoms with Gasteiger partial charge in [0.2, 0.25) is 0 Å². The second kappa shape index (κ2) is 8.08. The summed E-state index contributed by atoms with van der Waals surface area (Å²) in [5.41, 5.74) is 2.85. The van der Waals surface area contributed by atoms with Gasteiger partial charge in [0.05, 0.1) is 15.7 Å². The summed E-state index contributed by atoms with van der Waals surface area (Å²) in [6.45, 7) is 4.26. The number of halogens is 2. The van der Waals surface area contributed by atoms with Crippen molar-refractivity contribution in [3.63, 3.8) is 0 Å². The van der Waals surface area contributed by atoms with Crippen LogP contribution in [0.4, 0.5) is 16.5 Å². The maximum absolute atomic E-state index is 12.4. The Bertz CT molecular complexity index is 903. The molecule has 2 N–H and O–H groups in total. The summed E-state index contributed by atoms with van der Waals surface area (Å²) in [5.74, 6) is 0.181. The number of amides is 1. The SMILES string of the molecule is CC(C)c1ccc(NC(=O)c2csc(Nc3c(Cl)cccc3Cl)n2)cc1. The van der Waals surface area contributed by atoms with Gasteiger partial charge in [-0.25, -0.2) is 4.98 Å². The number of hydrogen-bond donors (Lipinski definition) is 2. The summed E-state index contributed by atoms with van der Waals surface area (Å²) in [6, 6.07) is 13.0. The molecule has 3 rings (SSSR count). The number of hydrogen-bond acceptors (Lipinski definition) is 4. The number of para-hydroxylation sites is 1. The van der Waals surface area contributed by atoms with Gasteiger partial charge in [0.25, 0.3) is 5.91 Å². The minimum absolute atomic E-state index is 0.267. The molecule has 0 fully saturated rings. The lowest BCUT2D eigenvalue weighted by Gasteiger charge is -2.08. The summed E-state index contributed by atoms with van der Waals surface area (Å²) in [5, 5.41) is 9.12. The normalized spacial score (nSPS) is 10.8. The van der Waals surface area contributed by atoms with Crippen LogP contribution in [0.15, 0.2) is 47.8 Å². The Morgan fingerprint density at radius 2 is 1.73 bits per heavy atom. The van der Waals surface area contributed by atoms with Gasteiger partial charge in [-0.1, -0.05) is 55.2 Å². The van der Waals surface area contributed by atoms with Gasteiger partial charge in [0, 0.05) is 11.1 Å². The number of rotatable bonds is 5. The molecule has 0 aliphatic rings. The van der Waals surface area contributed by atoms with E-state index in [9.17, 15) is 4.79 Å². The highest BCUT2D eigenvalue weighted by Crippen LogP contribution is 2.33. The molecule has 2 aromatic carbocycles. The first-order valence-corrected chi connectivity index (χ1v) is 9.65. The lowest BCUT2D eigenvalue weighted by molar-refractivity contribution is 0.102. The van der Waals surface area contributed by atoms with E-state index in [4.69, 9.17) is 23.2 Å². The van der Waals surface area contributed by atoms with E-state index in [-0.39, 0.29) is 5.91 Å². The third-order valence-corrected chi connectivity index (χ3v) is 5.15. The number of carbonyl (C=O) groups excluding carboxylic acids is 1. The summed E-state index contributed by atoms with van der Waals surface area (Å²) >= 11 is 13.6. The summed E-state index contributed by atoms with van der Waals surface area (Å²) in [4.78, 5) is 16.7. The van der Waals surface area contributed by atoms with E-state index in [0.717, 1.165) is 5.69 Å². The van der Waals surface area contributed by atoms with Crippen LogP contribution >= 0.6 is 34.5 Å². The standard InChI is InChI=1S/C19H17Cl2N3OS/c1-11(2)12-6-8-13(9-7-12)22-18(25)16-10-26-19(23-16)24-17-14(20)4-3-5-15(17)21/h3-11H,1-2H3,(H,22,25)(H,23,24). The van der Waals surface area contributed by atoms with Gasteiger partial charge in [0.15, 0.2) is 5.13 Å². The molecule has 3 aromatic rings. The molecular weight excluding hydrogens is 389 g/mol. The highest BCUT2D eigenvalue weighted by atomic mass is 35.5. The number of carbonyl (C=O) groups is 1. The fourth-order valence-electron chi connectivity index (χ4n) is 2.31. The van der Waals surface area contributed by atoms with Gasteiger partial charge in [-0.2, -0.15) is 0 Å². The fraction of sp³-hybridized carbons (Fsp3) is 0.158. The predicted octanol–water partition coefficient (Wildman–Crippen LogP) is 6.57. The molecule has 26 heavy (non-hydrogen) atoms. The molecule has 0 aliphatic heterocycles. The Balaban J connectivity index is 1.70. The van der Waals surface area contributed by atoms with E-state index >= 15 is 0 Å². The Morgan fingerprint density at radius 1 is 1.08 bits per heavy atom. The summed E-state index contributed by atoms with van der Waals surface area (Å²) in [7, 11) is 0. The molecule has 0 spiro atoms. The van der Waals surface area contributed by atoms with Gasteiger partial charge in [-0.15, -0.1) is 11.3 Å². The largest absolute Gasteiger partial charge is 0.329 e. The number of benzene rings is 2. The van der Waals surface area contributed by atoms with Gasteiger partial charge in [0.1, 0.15) is 5.69 Å². The van der Waals surface area contributed by atoms with E-state index in [0.29, 0.717) is 32.5 Å². The van der Waals surface area contributed by atoms with Gasteiger partial charge in [-0.3, -0.25) is 4.79 Å². The first-order valence-electron chi connectivity index (χ1n) is 8.02. The van der Waals surface area contributed by atoms with E-state index in [2.05, 4.69) is 29.5 Å². The Labute approximate surface area is 166 Å². The zero-order valence-corrected chi connectivity index (χ0v) is 16.5. The summed E-state index contributed by atoms with van der Waals surface area (Å²) < 4.78 is 0. The minimum atomic E-state index is -0.267. The molecule has 1 amide bonds. The van der Waals surface area contributed by atoms with Crippen LogP contribution in [0.1, 0.15) is 35.8 Å². The molecule has 134 valence electrons. The van der Waals surface area contributed by atoms with Crippen molar-refractivity contribution >= 4 is 57.0 Å². The number of anilines is 3. The molecule has 7 heteroatoms. The van der Waals surface area contributed by atoms with Gasteiger partial charge < -0.3 is 10.6 Å². The predicted molar refractivity (Wildman–Crippen MR) is 110 cm³/mol. The fourth-order valence-corrected chi connectivity index (χ4v) is 3.49. The van der Waals surface area contributed by atoms with Crippen molar-refractivity contribution in [2.24, 2.45) is 0 Å². The molecule has 4 nitrogen and oxygen atoms in total.